The van der Waals surface area contributed by atoms with Crippen LogP contribution in [0.25, 0.3) is 0 Å². The Morgan fingerprint density at radius 3 is 2.68 bits per heavy atom. The van der Waals surface area contributed by atoms with Crippen molar-refractivity contribution in [3.05, 3.63) is 39.9 Å². The lowest BCUT2D eigenvalue weighted by Crippen LogP contribution is -2.30. The highest BCUT2D eigenvalue weighted by molar-refractivity contribution is 7.89. The molecule has 0 bridgehead atoms. The summed E-state index contributed by atoms with van der Waals surface area (Å²) in [6, 6.07) is 6.10. The summed E-state index contributed by atoms with van der Waals surface area (Å²) in [4.78, 5) is 10.2. The summed E-state index contributed by atoms with van der Waals surface area (Å²) in [6.07, 6.45) is 0. The summed E-state index contributed by atoms with van der Waals surface area (Å²) in [5.74, 6) is -0.0389. The summed E-state index contributed by atoms with van der Waals surface area (Å²) in [5, 5.41) is 13.7. The van der Waals surface area contributed by atoms with Gasteiger partial charge in [0.15, 0.2) is 0 Å². The minimum Gasteiger partial charge on any atom is -0.309 e. The molecule has 2 N–H and O–H groups in total. The molecule has 0 heterocycles. The van der Waals surface area contributed by atoms with E-state index in [0.29, 0.717) is 0 Å². The van der Waals surface area contributed by atoms with Crippen LogP contribution < -0.4 is 10.0 Å². The fraction of sp³-hybridized carbons (Fsp3) is 0.455. The van der Waals surface area contributed by atoms with Crippen LogP contribution in [0.5, 0.6) is 0 Å². The Morgan fingerprint density at radius 2 is 2.11 bits per heavy atom. The third-order valence-corrected chi connectivity index (χ3v) is 4.08. The van der Waals surface area contributed by atoms with E-state index in [1.54, 1.807) is 12.1 Å². The maximum absolute atomic E-state index is 11.2. The smallest absolute Gasteiger partial charge is 0.269 e. The van der Waals surface area contributed by atoms with Crippen molar-refractivity contribution >= 4 is 15.7 Å². The van der Waals surface area contributed by atoms with Gasteiger partial charge in [-0.3, -0.25) is 10.1 Å². The Balaban J connectivity index is 2.61. The molecule has 1 aromatic rings. The van der Waals surface area contributed by atoms with E-state index in [2.05, 4.69) is 10.0 Å². The van der Waals surface area contributed by atoms with Crippen molar-refractivity contribution in [3.8, 4) is 0 Å². The molecule has 0 amide bonds. The van der Waals surface area contributed by atoms with Gasteiger partial charge in [0, 0.05) is 24.7 Å². The number of non-ortho nitro benzene ring substituents is 1. The Morgan fingerprint density at radius 1 is 1.42 bits per heavy atom. The molecule has 1 aromatic carbocycles. The lowest BCUT2D eigenvalue weighted by molar-refractivity contribution is -0.384. The predicted molar refractivity (Wildman–Crippen MR) is 72.4 cm³/mol. The largest absolute Gasteiger partial charge is 0.309 e. The summed E-state index contributed by atoms with van der Waals surface area (Å²) in [5.41, 5.74) is 0.769. The zero-order chi connectivity index (χ0) is 14.5. The van der Waals surface area contributed by atoms with E-state index >= 15 is 0 Å². The van der Waals surface area contributed by atoms with Crippen LogP contribution in [-0.2, 0) is 10.0 Å². The van der Waals surface area contributed by atoms with E-state index in [1.807, 2.05) is 6.92 Å². The standard InChI is InChI=1S/C11H17N3O4S/c1-9(13-6-7-19(17,18)12-2)10-4-3-5-11(8-10)14(15)16/h3-5,8-9,12-13H,6-7H2,1-2H3. The van der Waals surface area contributed by atoms with Gasteiger partial charge in [-0.05, 0) is 19.5 Å². The van der Waals surface area contributed by atoms with Crippen molar-refractivity contribution in [1.29, 1.82) is 0 Å². The summed E-state index contributed by atoms with van der Waals surface area (Å²) in [7, 11) is -1.88. The zero-order valence-electron chi connectivity index (χ0n) is 10.8. The fourth-order valence-corrected chi connectivity index (χ4v) is 2.13. The summed E-state index contributed by atoms with van der Waals surface area (Å²) in [6.45, 7) is 2.10. The third-order valence-electron chi connectivity index (χ3n) is 2.71. The molecular formula is C11H17N3O4S. The topological polar surface area (TPSA) is 101 Å². The Hall–Kier alpha value is -1.51. The number of nitro groups is 1. The molecule has 0 spiro atoms. The quantitative estimate of drug-likeness (QED) is 0.570. The minimum absolute atomic E-state index is 0.0222. The van der Waals surface area contributed by atoms with Gasteiger partial charge in [0.1, 0.15) is 0 Å². The molecule has 1 rings (SSSR count). The van der Waals surface area contributed by atoms with Crippen molar-refractivity contribution in [1.82, 2.24) is 10.0 Å². The van der Waals surface area contributed by atoms with Gasteiger partial charge in [-0.2, -0.15) is 0 Å². The molecule has 7 nitrogen and oxygen atoms in total. The highest BCUT2D eigenvalue weighted by Crippen LogP contribution is 2.18. The van der Waals surface area contributed by atoms with Gasteiger partial charge < -0.3 is 5.32 Å². The number of hydrogen-bond acceptors (Lipinski definition) is 5. The van der Waals surface area contributed by atoms with Gasteiger partial charge in [-0.15, -0.1) is 0 Å². The highest BCUT2D eigenvalue weighted by atomic mass is 32.2. The molecule has 0 aromatic heterocycles. The van der Waals surface area contributed by atoms with Crippen molar-refractivity contribution < 1.29 is 13.3 Å². The second kappa shape index (κ2) is 6.60. The molecule has 1 atom stereocenters. The van der Waals surface area contributed by atoms with E-state index in [4.69, 9.17) is 0 Å². The van der Waals surface area contributed by atoms with Crippen molar-refractivity contribution in [2.75, 3.05) is 19.3 Å². The van der Waals surface area contributed by atoms with Gasteiger partial charge in [0.25, 0.3) is 5.69 Å². The molecule has 1 unspecified atom stereocenters. The van der Waals surface area contributed by atoms with Crippen LogP contribution in [0.1, 0.15) is 18.5 Å². The van der Waals surface area contributed by atoms with Gasteiger partial charge >= 0.3 is 0 Å². The predicted octanol–water partition coefficient (Wildman–Crippen LogP) is 0.795. The summed E-state index contributed by atoms with van der Waals surface area (Å²) < 4.78 is 24.7. The first-order valence-corrected chi connectivity index (χ1v) is 7.40. The normalized spacial score (nSPS) is 13.2. The SMILES string of the molecule is CNS(=O)(=O)CCNC(C)c1cccc([N+](=O)[O-])c1. The van der Waals surface area contributed by atoms with Crippen LogP contribution in [0.4, 0.5) is 5.69 Å². The number of nitrogens with one attached hydrogen (secondary N) is 2. The van der Waals surface area contributed by atoms with Gasteiger partial charge in [-0.1, -0.05) is 12.1 Å². The Labute approximate surface area is 112 Å². The molecule has 106 valence electrons. The number of sulfonamides is 1. The molecule has 8 heteroatoms. The van der Waals surface area contributed by atoms with Crippen LogP contribution in [-0.4, -0.2) is 32.7 Å². The van der Waals surface area contributed by atoms with Crippen LogP contribution in [0, 0.1) is 10.1 Å². The first-order valence-electron chi connectivity index (χ1n) is 5.74. The second-order valence-electron chi connectivity index (χ2n) is 4.05. The number of nitro benzene ring substituents is 1. The Kier molecular flexibility index (Phi) is 5.40. The molecule has 0 fully saturated rings. The monoisotopic (exact) mass is 287 g/mol. The molecule has 19 heavy (non-hydrogen) atoms. The summed E-state index contributed by atoms with van der Waals surface area (Å²) >= 11 is 0. The van der Waals surface area contributed by atoms with E-state index in [9.17, 15) is 18.5 Å². The zero-order valence-corrected chi connectivity index (χ0v) is 11.6. The second-order valence-corrected chi connectivity index (χ2v) is 6.10. The molecule has 0 saturated heterocycles. The lowest BCUT2D eigenvalue weighted by atomic mass is 10.1. The fourth-order valence-electron chi connectivity index (χ4n) is 1.54. The van der Waals surface area contributed by atoms with E-state index in [-0.39, 0.29) is 24.0 Å². The molecule has 0 aliphatic carbocycles. The van der Waals surface area contributed by atoms with Crippen LogP contribution in [0.15, 0.2) is 24.3 Å². The average Bonchev–Trinajstić information content (AvgIpc) is 2.38. The highest BCUT2D eigenvalue weighted by Gasteiger charge is 2.12. The number of hydrogen-bond donors (Lipinski definition) is 2. The van der Waals surface area contributed by atoms with Gasteiger partial charge in [-0.25, -0.2) is 13.1 Å². The minimum atomic E-state index is -3.24. The van der Waals surface area contributed by atoms with Crippen molar-refractivity contribution in [3.63, 3.8) is 0 Å². The maximum atomic E-state index is 11.2. The Bertz CT molecular complexity index is 545. The molecular weight excluding hydrogens is 270 g/mol. The van der Waals surface area contributed by atoms with E-state index in [0.717, 1.165) is 5.56 Å². The van der Waals surface area contributed by atoms with Crippen LogP contribution >= 0.6 is 0 Å². The number of benzene rings is 1. The molecule has 0 radical (unpaired) electrons. The van der Waals surface area contributed by atoms with Crippen molar-refractivity contribution in [2.45, 2.75) is 13.0 Å². The van der Waals surface area contributed by atoms with E-state index in [1.165, 1.54) is 19.2 Å². The van der Waals surface area contributed by atoms with Crippen LogP contribution in [0.3, 0.4) is 0 Å². The average molecular weight is 287 g/mol. The number of rotatable bonds is 7. The molecule has 0 saturated carbocycles. The van der Waals surface area contributed by atoms with Gasteiger partial charge in [0.05, 0.1) is 10.7 Å². The molecule has 0 aliphatic heterocycles. The maximum Gasteiger partial charge on any atom is 0.269 e. The van der Waals surface area contributed by atoms with Crippen molar-refractivity contribution in [2.24, 2.45) is 0 Å². The molecule has 0 aliphatic rings. The number of nitrogens with zero attached hydrogens (tertiary/aromatic N) is 1. The van der Waals surface area contributed by atoms with E-state index < -0.39 is 14.9 Å². The van der Waals surface area contributed by atoms with Gasteiger partial charge in [0.2, 0.25) is 10.0 Å². The first-order chi connectivity index (χ1) is 8.85. The lowest BCUT2D eigenvalue weighted by Gasteiger charge is -2.13. The first kappa shape index (κ1) is 15.5. The van der Waals surface area contributed by atoms with Crippen LogP contribution in [0.2, 0.25) is 0 Å². The third kappa shape index (κ3) is 4.93.